The lowest BCUT2D eigenvalue weighted by atomic mass is 9.91. The second-order valence-corrected chi connectivity index (χ2v) is 6.10. The number of piperidine rings is 1. The zero-order chi connectivity index (χ0) is 14.4. The van der Waals surface area contributed by atoms with Crippen LogP contribution in [0.25, 0.3) is 0 Å². The van der Waals surface area contributed by atoms with E-state index in [-0.39, 0.29) is 0 Å². The van der Waals surface area contributed by atoms with E-state index in [9.17, 15) is 0 Å². The molecule has 21 heavy (non-hydrogen) atoms. The molecule has 2 N–H and O–H groups in total. The molecule has 0 saturated carbocycles. The minimum atomic E-state index is 0.301. The smallest absolute Gasteiger partial charge is 0.0646 e. The van der Waals surface area contributed by atoms with Crippen LogP contribution in [0.5, 0.6) is 0 Å². The van der Waals surface area contributed by atoms with Crippen LogP contribution in [-0.2, 0) is 0 Å². The van der Waals surface area contributed by atoms with E-state index in [2.05, 4.69) is 65.4 Å². The average Bonchev–Trinajstić information content (AvgIpc) is 2.63. The first-order chi connectivity index (χ1) is 10.3. The highest BCUT2D eigenvalue weighted by atomic mass is 15.2. The number of nitrogens with two attached hydrogens (primary N) is 1. The first kappa shape index (κ1) is 12.7. The minimum absolute atomic E-state index is 0.301. The van der Waals surface area contributed by atoms with E-state index in [1.165, 1.54) is 22.6 Å². The normalized spacial score (nSPS) is 23.9. The van der Waals surface area contributed by atoms with Crippen molar-refractivity contribution in [2.75, 3.05) is 23.4 Å². The van der Waals surface area contributed by atoms with Crippen molar-refractivity contribution < 1.29 is 0 Å². The number of nitrogens with zero attached hydrogens (tertiary/aromatic N) is 2. The second kappa shape index (κ2) is 4.78. The van der Waals surface area contributed by atoms with Gasteiger partial charge in [-0.25, -0.2) is 0 Å². The van der Waals surface area contributed by atoms with Gasteiger partial charge in [0.05, 0.1) is 17.4 Å². The summed E-state index contributed by atoms with van der Waals surface area (Å²) in [5.74, 6) is 0. The lowest BCUT2D eigenvalue weighted by Gasteiger charge is -2.39. The summed E-state index contributed by atoms with van der Waals surface area (Å²) in [5.41, 5.74) is 11.6. The van der Waals surface area contributed by atoms with Gasteiger partial charge in [-0.15, -0.1) is 0 Å². The van der Waals surface area contributed by atoms with Crippen molar-refractivity contribution in [2.24, 2.45) is 5.73 Å². The number of benzene rings is 2. The van der Waals surface area contributed by atoms with Gasteiger partial charge in [0.2, 0.25) is 0 Å². The summed E-state index contributed by atoms with van der Waals surface area (Å²) < 4.78 is 0. The van der Waals surface area contributed by atoms with Crippen molar-refractivity contribution in [1.82, 2.24) is 0 Å². The number of anilines is 3. The molecule has 2 heterocycles. The zero-order valence-electron chi connectivity index (χ0n) is 12.4. The van der Waals surface area contributed by atoms with Crippen LogP contribution in [0.15, 0.2) is 48.5 Å². The third-order valence-electron chi connectivity index (χ3n) is 4.85. The molecule has 0 spiro atoms. The van der Waals surface area contributed by atoms with Crippen molar-refractivity contribution >= 4 is 17.1 Å². The van der Waals surface area contributed by atoms with Crippen molar-refractivity contribution in [1.29, 1.82) is 0 Å². The van der Waals surface area contributed by atoms with E-state index in [1.54, 1.807) is 0 Å². The lowest BCUT2D eigenvalue weighted by Crippen LogP contribution is -2.41. The van der Waals surface area contributed by atoms with E-state index in [1.807, 2.05) is 0 Å². The maximum atomic E-state index is 6.26. The summed E-state index contributed by atoms with van der Waals surface area (Å²) in [7, 11) is 2.16. The van der Waals surface area contributed by atoms with E-state index in [0.717, 1.165) is 19.4 Å². The van der Waals surface area contributed by atoms with Crippen LogP contribution < -0.4 is 15.5 Å². The van der Waals surface area contributed by atoms with Crippen LogP contribution in [0.3, 0.4) is 0 Å². The fraction of sp³-hybridized carbons (Fsp3) is 0.333. The van der Waals surface area contributed by atoms with Crippen LogP contribution in [0.4, 0.5) is 17.1 Å². The molecule has 0 aromatic heterocycles. The molecule has 1 saturated heterocycles. The summed E-state index contributed by atoms with van der Waals surface area (Å²) in [6.07, 6.45) is 2.09. The minimum Gasteiger partial charge on any atom is -0.363 e. The van der Waals surface area contributed by atoms with E-state index in [4.69, 9.17) is 5.73 Å². The Morgan fingerprint density at radius 1 is 0.952 bits per heavy atom. The molecule has 0 amide bonds. The maximum absolute atomic E-state index is 6.26. The number of hydrogen-bond donors (Lipinski definition) is 1. The predicted octanol–water partition coefficient (Wildman–Crippen LogP) is 3.44. The highest BCUT2D eigenvalue weighted by Gasteiger charge is 2.34. The Morgan fingerprint density at radius 3 is 2.43 bits per heavy atom. The molecule has 0 bridgehead atoms. The van der Waals surface area contributed by atoms with Crippen LogP contribution in [0.1, 0.15) is 24.4 Å². The van der Waals surface area contributed by atoms with Crippen molar-refractivity contribution in [2.45, 2.75) is 24.9 Å². The van der Waals surface area contributed by atoms with Gasteiger partial charge >= 0.3 is 0 Å². The molecule has 4 rings (SSSR count). The standard InChI is InChI=1S/C18H21N3/c1-20-15-7-3-2-6-14(15)18-12-13(19)10-11-21(18)17-9-5-4-8-16(17)20/h2-9,13,18H,10-12,19H2,1H3. The highest BCUT2D eigenvalue weighted by Crippen LogP contribution is 2.47. The van der Waals surface area contributed by atoms with E-state index >= 15 is 0 Å². The number of fused-ring (bicyclic) bond motifs is 5. The van der Waals surface area contributed by atoms with Gasteiger partial charge in [-0.3, -0.25) is 0 Å². The van der Waals surface area contributed by atoms with Gasteiger partial charge in [0.15, 0.2) is 0 Å². The van der Waals surface area contributed by atoms with Gasteiger partial charge in [0, 0.05) is 25.3 Å². The lowest BCUT2D eigenvalue weighted by molar-refractivity contribution is 0.421. The van der Waals surface area contributed by atoms with Gasteiger partial charge in [-0.2, -0.15) is 0 Å². The Hall–Kier alpha value is -2.00. The molecule has 0 radical (unpaired) electrons. The number of para-hydroxylation sites is 3. The second-order valence-electron chi connectivity index (χ2n) is 6.10. The summed E-state index contributed by atoms with van der Waals surface area (Å²) in [4.78, 5) is 4.86. The molecule has 3 heteroatoms. The Bertz CT molecular complexity index is 667. The predicted molar refractivity (Wildman–Crippen MR) is 88.2 cm³/mol. The van der Waals surface area contributed by atoms with Crippen LogP contribution >= 0.6 is 0 Å². The summed E-state index contributed by atoms with van der Waals surface area (Å²) >= 11 is 0. The molecule has 2 aliphatic heterocycles. The first-order valence-electron chi connectivity index (χ1n) is 7.69. The summed E-state index contributed by atoms with van der Waals surface area (Å²) in [6, 6.07) is 18.1. The largest absolute Gasteiger partial charge is 0.363 e. The number of hydrogen-bond acceptors (Lipinski definition) is 3. The van der Waals surface area contributed by atoms with Crippen molar-refractivity contribution in [3.05, 3.63) is 54.1 Å². The first-order valence-corrected chi connectivity index (χ1v) is 7.69. The molecule has 2 aliphatic rings. The molecule has 2 aromatic carbocycles. The SMILES string of the molecule is CN1c2ccccc2C2CC(N)CCN2c2ccccc21. The molecular formula is C18H21N3. The zero-order valence-corrected chi connectivity index (χ0v) is 12.4. The van der Waals surface area contributed by atoms with Gasteiger partial charge in [0.1, 0.15) is 0 Å². The molecule has 0 aliphatic carbocycles. The molecular weight excluding hydrogens is 258 g/mol. The highest BCUT2D eigenvalue weighted by molar-refractivity contribution is 5.81. The summed E-state index contributed by atoms with van der Waals surface area (Å²) in [5, 5.41) is 0. The van der Waals surface area contributed by atoms with Gasteiger partial charge < -0.3 is 15.5 Å². The van der Waals surface area contributed by atoms with Crippen molar-refractivity contribution in [3.8, 4) is 0 Å². The molecule has 108 valence electrons. The monoisotopic (exact) mass is 279 g/mol. The molecule has 2 aromatic rings. The third kappa shape index (κ3) is 1.92. The van der Waals surface area contributed by atoms with Crippen LogP contribution in [0, 0.1) is 0 Å². The molecule has 1 fully saturated rings. The molecule has 2 unspecified atom stereocenters. The maximum Gasteiger partial charge on any atom is 0.0646 e. The topological polar surface area (TPSA) is 32.5 Å². The third-order valence-corrected chi connectivity index (χ3v) is 4.85. The van der Waals surface area contributed by atoms with Crippen molar-refractivity contribution in [3.63, 3.8) is 0 Å². The fourth-order valence-corrected chi connectivity index (χ4v) is 3.77. The Morgan fingerprint density at radius 2 is 1.62 bits per heavy atom. The Kier molecular flexibility index (Phi) is 2.89. The number of rotatable bonds is 0. The van der Waals surface area contributed by atoms with E-state index in [0.29, 0.717) is 12.1 Å². The van der Waals surface area contributed by atoms with Gasteiger partial charge in [-0.1, -0.05) is 30.3 Å². The fourth-order valence-electron chi connectivity index (χ4n) is 3.77. The van der Waals surface area contributed by atoms with E-state index < -0.39 is 0 Å². The molecule has 3 nitrogen and oxygen atoms in total. The van der Waals surface area contributed by atoms with Gasteiger partial charge in [-0.05, 0) is 36.6 Å². The molecule has 2 atom stereocenters. The summed E-state index contributed by atoms with van der Waals surface area (Å²) in [6.45, 7) is 1.03. The van der Waals surface area contributed by atoms with Gasteiger partial charge in [0.25, 0.3) is 0 Å². The Labute approximate surface area is 126 Å². The van der Waals surface area contributed by atoms with Crippen LogP contribution in [0.2, 0.25) is 0 Å². The quantitative estimate of drug-likeness (QED) is 0.802. The Balaban J connectivity index is 1.95. The van der Waals surface area contributed by atoms with Crippen LogP contribution in [-0.4, -0.2) is 19.6 Å². The average molecular weight is 279 g/mol.